The monoisotopic (exact) mass is 352 g/mol. The molecule has 0 fully saturated rings. The second kappa shape index (κ2) is 7.70. The normalized spacial score (nSPS) is 16.7. The molecule has 2 aromatic carbocycles. The Morgan fingerprint density at radius 3 is 2.38 bits per heavy atom. The molecular weight excluding hydrogens is 328 g/mol. The first-order valence-electron chi connectivity index (χ1n) is 8.74. The van der Waals surface area contributed by atoms with Gasteiger partial charge in [0.2, 0.25) is 5.91 Å². The van der Waals surface area contributed by atoms with Gasteiger partial charge in [-0.25, -0.2) is 0 Å². The van der Waals surface area contributed by atoms with Crippen LogP contribution < -0.4 is 5.32 Å². The molecule has 136 valence electrons. The molecule has 0 saturated heterocycles. The van der Waals surface area contributed by atoms with E-state index in [2.05, 4.69) is 5.32 Å². The van der Waals surface area contributed by atoms with E-state index in [-0.39, 0.29) is 18.4 Å². The number of aryl methyl sites for hydroxylation is 2. The number of fused-ring (bicyclic) bond motifs is 1. The summed E-state index contributed by atoms with van der Waals surface area (Å²) in [5.41, 5.74) is 5.16. The summed E-state index contributed by atoms with van der Waals surface area (Å²) in [6.07, 6.45) is 0.555. The van der Waals surface area contributed by atoms with Crippen LogP contribution in [0.2, 0.25) is 0 Å². The number of para-hydroxylation sites is 1. The lowest BCUT2D eigenvalue weighted by Gasteiger charge is -2.34. The number of anilines is 1. The highest BCUT2D eigenvalue weighted by Crippen LogP contribution is 2.24. The maximum atomic E-state index is 12.6. The third kappa shape index (κ3) is 3.78. The Labute approximate surface area is 154 Å². The molecule has 0 aliphatic carbocycles. The fourth-order valence-corrected chi connectivity index (χ4v) is 3.49. The molecule has 1 atom stereocenters. The van der Waals surface area contributed by atoms with Crippen LogP contribution in [0.25, 0.3) is 0 Å². The Hall–Kier alpha value is -2.66. The molecule has 0 radical (unpaired) electrons. The molecule has 26 heavy (non-hydrogen) atoms. The Morgan fingerprint density at radius 2 is 1.73 bits per heavy atom. The van der Waals surface area contributed by atoms with Crippen LogP contribution in [0.5, 0.6) is 0 Å². The number of amides is 1. The van der Waals surface area contributed by atoms with E-state index in [1.54, 1.807) is 0 Å². The molecule has 5 nitrogen and oxygen atoms in total. The van der Waals surface area contributed by atoms with E-state index in [0.29, 0.717) is 13.0 Å². The van der Waals surface area contributed by atoms with Crippen molar-refractivity contribution >= 4 is 17.6 Å². The van der Waals surface area contributed by atoms with Crippen molar-refractivity contribution in [3.63, 3.8) is 0 Å². The van der Waals surface area contributed by atoms with Gasteiger partial charge in [0.1, 0.15) is 6.04 Å². The van der Waals surface area contributed by atoms with E-state index in [4.69, 9.17) is 4.74 Å². The summed E-state index contributed by atoms with van der Waals surface area (Å²) in [6.45, 7) is 4.63. The molecule has 0 saturated carbocycles. The lowest BCUT2D eigenvalue weighted by Crippen LogP contribution is -2.49. The third-order valence-corrected chi connectivity index (χ3v) is 4.91. The summed E-state index contributed by atoms with van der Waals surface area (Å²) >= 11 is 0. The minimum absolute atomic E-state index is 0.129. The van der Waals surface area contributed by atoms with Gasteiger partial charge in [0.05, 0.1) is 13.7 Å². The first kappa shape index (κ1) is 18.1. The lowest BCUT2D eigenvalue weighted by atomic mass is 9.94. The van der Waals surface area contributed by atoms with Gasteiger partial charge in [0.15, 0.2) is 0 Å². The molecule has 1 amide bonds. The minimum Gasteiger partial charge on any atom is -0.468 e. The molecule has 0 spiro atoms. The molecule has 0 bridgehead atoms. The van der Waals surface area contributed by atoms with E-state index in [1.165, 1.54) is 7.11 Å². The predicted molar refractivity (Wildman–Crippen MR) is 101 cm³/mol. The molecule has 1 aliphatic heterocycles. The second-order valence-corrected chi connectivity index (χ2v) is 6.73. The number of carbonyl (C=O) groups is 2. The molecule has 1 aliphatic rings. The number of benzene rings is 2. The van der Waals surface area contributed by atoms with Crippen molar-refractivity contribution in [2.75, 3.05) is 19.0 Å². The number of ether oxygens (including phenoxy) is 1. The number of nitrogens with one attached hydrogen (secondary N) is 1. The average molecular weight is 352 g/mol. The Balaban J connectivity index is 1.78. The molecule has 0 unspecified atom stereocenters. The van der Waals surface area contributed by atoms with Crippen LogP contribution in [-0.2, 0) is 27.3 Å². The molecule has 0 aromatic heterocycles. The molecule has 2 aromatic rings. The van der Waals surface area contributed by atoms with Gasteiger partial charge in [-0.15, -0.1) is 0 Å². The van der Waals surface area contributed by atoms with Crippen LogP contribution in [0.3, 0.4) is 0 Å². The highest BCUT2D eigenvalue weighted by Gasteiger charge is 2.33. The SMILES string of the molecule is COC(=O)[C@@H]1Cc2ccccc2CN1CC(=O)Nc1c(C)cccc1C. The van der Waals surface area contributed by atoms with E-state index in [0.717, 1.165) is 27.9 Å². The first-order chi connectivity index (χ1) is 12.5. The average Bonchev–Trinajstić information content (AvgIpc) is 2.63. The topological polar surface area (TPSA) is 58.6 Å². The number of esters is 1. The summed E-state index contributed by atoms with van der Waals surface area (Å²) in [6, 6.07) is 13.5. The van der Waals surface area contributed by atoms with Crippen molar-refractivity contribution < 1.29 is 14.3 Å². The maximum absolute atomic E-state index is 12.6. The van der Waals surface area contributed by atoms with Gasteiger partial charge in [-0.2, -0.15) is 0 Å². The van der Waals surface area contributed by atoms with Crippen LogP contribution in [0.4, 0.5) is 5.69 Å². The van der Waals surface area contributed by atoms with E-state index < -0.39 is 6.04 Å². The summed E-state index contributed by atoms with van der Waals surface area (Å²) in [7, 11) is 1.39. The summed E-state index contributed by atoms with van der Waals surface area (Å²) in [4.78, 5) is 26.8. The van der Waals surface area contributed by atoms with Crippen LogP contribution in [0.1, 0.15) is 22.3 Å². The number of hydrogen-bond donors (Lipinski definition) is 1. The summed E-state index contributed by atoms with van der Waals surface area (Å²) in [5.74, 6) is -0.435. The standard InChI is InChI=1S/C21H24N2O3/c1-14-7-6-8-15(2)20(14)22-19(24)13-23-12-17-10-5-4-9-16(17)11-18(23)21(25)26-3/h4-10,18H,11-13H2,1-3H3,(H,22,24)/t18-/m0/s1. The van der Waals surface area contributed by atoms with E-state index in [1.807, 2.05) is 61.2 Å². The quantitative estimate of drug-likeness (QED) is 0.860. The number of rotatable bonds is 4. The summed E-state index contributed by atoms with van der Waals surface area (Å²) < 4.78 is 4.96. The highest BCUT2D eigenvalue weighted by molar-refractivity contribution is 5.94. The largest absolute Gasteiger partial charge is 0.468 e. The Morgan fingerprint density at radius 1 is 1.08 bits per heavy atom. The minimum atomic E-state index is -0.446. The second-order valence-electron chi connectivity index (χ2n) is 6.73. The van der Waals surface area contributed by atoms with Crippen LogP contribution in [0, 0.1) is 13.8 Å². The van der Waals surface area contributed by atoms with Gasteiger partial charge in [-0.1, -0.05) is 42.5 Å². The van der Waals surface area contributed by atoms with Gasteiger partial charge in [0, 0.05) is 12.2 Å². The molecule has 3 rings (SSSR count). The van der Waals surface area contributed by atoms with Gasteiger partial charge in [-0.05, 0) is 42.5 Å². The van der Waals surface area contributed by atoms with Crippen molar-refractivity contribution in [2.24, 2.45) is 0 Å². The van der Waals surface area contributed by atoms with Crippen molar-refractivity contribution in [3.05, 3.63) is 64.7 Å². The zero-order valence-corrected chi connectivity index (χ0v) is 15.4. The number of nitrogens with zero attached hydrogens (tertiary/aromatic N) is 1. The fraction of sp³-hybridized carbons (Fsp3) is 0.333. The van der Waals surface area contributed by atoms with Crippen molar-refractivity contribution in [1.82, 2.24) is 4.90 Å². The first-order valence-corrected chi connectivity index (χ1v) is 8.74. The zero-order chi connectivity index (χ0) is 18.7. The van der Waals surface area contributed by atoms with Gasteiger partial charge in [0.25, 0.3) is 0 Å². The van der Waals surface area contributed by atoms with Crippen molar-refractivity contribution in [1.29, 1.82) is 0 Å². The van der Waals surface area contributed by atoms with Crippen LogP contribution in [-0.4, -0.2) is 36.5 Å². The molecule has 1 heterocycles. The fourth-order valence-electron chi connectivity index (χ4n) is 3.49. The van der Waals surface area contributed by atoms with Crippen LogP contribution >= 0.6 is 0 Å². The van der Waals surface area contributed by atoms with Gasteiger partial charge < -0.3 is 10.1 Å². The lowest BCUT2D eigenvalue weighted by molar-refractivity contribution is -0.148. The predicted octanol–water partition coefficient (Wildman–Crippen LogP) is 2.84. The van der Waals surface area contributed by atoms with Crippen molar-refractivity contribution in [3.8, 4) is 0 Å². The van der Waals surface area contributed by atoms with Crippen molar-refractivity contribution in [2.45, 2.75) is 32.9 Å². The Bertz CT molecular complexity index is 812. The highest BCUT2D eigenvalue weighted by atomic mass is 16.5. The smallest absolute Gasteiger partial charge is 0.323 e. The Kier molecular flexibility index (Phi) is 5.38. The maximum Gasteiger partial charge on any atom is 0.323 e. The van der Waals surface area contributed by atoms with Gasteiger partial charge in [-0.3, -0.25) is 14.5 Å². The number of carbonyl (C=O) groups excluding carboxylic acids is 2. The molecular formula is C21H24N2O3. The number of methoxy groups -OCH3 is 1. The number of hydrogen-bond acceptors (Lipinski definition) is 4. The summed E-state index contributed by atoms with van der Waals surface area (Å²) in [5, 5.41) is 2.99. The molecule has 1 N–H and O–H groups in total. The van der Waals surface area contributed by atoms with E-state index in [9.17, 15) is 9.59 Å². The third-order valence-electron chi connectivity index (χ3n) is 4.91. The van der Waals surface area contributed by atoms with Crippen LogP contribution in [0.15, 0.2) is 42.5 Å². The zero-order valence-electron chi connectivity index (χ0n) is 15.4. The van der Waals surface area contributed by atoms with E-state index >= 15 is 0 Å². The van der Waals surface area contributed by atoms with Gasteiger partial charge >= 0.3 is 5.97 Å². The molecule has 5 heteroatoms.